The SMILES string of the molecule is CC(CN)c1nc(Cc2c(Cl)cccc2Cl)no1. The molecule has 0 amide bonds. The molecular formula is C12H13Cl2N3O. The molecular weight excluding hydrogens is 273 g/mol. The third-order valence-electron chi connectivity index (χ3n) is 2.66. The highest BCUT2D eigenvalue weighted by molar-refractivity contribution is 6.36. The van der Waals surface area contributed by atoms with Crippen LogP contribution in [0.15, 0.2) is 22.7 Å². The molecule has 96 valence electrons. The molecule has 0 spiro atoms. The lowest BCUT2D eigenvalue weighted by atomic mass is 10.1. The van der Waals surface area contributed by atoms with Crippen molar-refractivity contribution in [2.75, 3.05) is 6.54 Å². The second kappa shape index (κ2) is 5.69. The smallest absolute Gasteiger partial charge is 0.230 e. The summed E-state index contributed by atoms with van der Waals surface area (Å²) in [7, 11) is 0. The first kappa shape index (κ1) is 13.3. The maximum atomic E-state index is 6.09. The number of nitrogens with zero attached hydrogens (tertiary/aromatic N) is 2. The molecule has 1 aromatic heterocycles. The topological polar surface area (TPSA) is 64.9 Å². The van der Waals surface area contributed by atoms with E-state index in [0.717, 1.165) is 5.56 Å². The molecule has 0 saturated heterocycles. The molecule has 2 rings (SSSR count). The van der Waals surface area contributed by atoms with Gasteiger partial charge in [0.2, 0.25) is 5.89 Å². The summed E-state index contributed by atoms with van der Waals surface area (Å²) in [6.45, 7) is 2.40. The lowest BCUT2D eigenvalue weighted by Gasteiger charge is -2.03. The third kappa shape index (κ3) is 2.83. The average Bonchev–Trinajstić information content (AvgIpc) is 2.81. The maximum Gasteiger partial charge on any atom is 0.230 e. The molecule has 2 aromatic rings. The minimum absolute atomic E-state index is 0.0490. The minimum atomic E-state index is 0.0490. The minimum Gasteiger partial charge on any atom is -0.339 e. The van der Waals surface area contributed by atoms with Gasteiger partial charge in [0.1, 0.15) is 0 Å². The van der Waals surface area contributed by atoms with Gasteiger partial charge in [-0.05, 0) is 17.7 Å². The van der Waals surface area contributed by atoms with Crippen molar-refractivity contribution >= 4 is 23.2 Å². The molecule has 0 fully saturated rings. The van der Waals surface area contributed by atoms with Crippen LogP contribution in [-0.4, -0.2) is 16.7 Å². The van der Waals surface area contributed by atoms with E-state index in [1.807, 2.05) is 6.92 Å². The van der Waals surface area contributed by atoms with Crippen molar-refractivity contribution in [3.8, 4) is 0 Å². The average molecular weight is 286 g/mol. The van der Waals surface area contributed by atoms with Crippen molar-refractivity contribution in [3.63, 3.8) is 0 Å². The van der Waals surface area contributed by atoms with Gasteiger partial charge >= 0.3 is 0 Å². The predicted molar refractivity (Wildman–Crippen MR) is 71.0 cm³/mol. The summed E-state index contributed by atoms with van der Waals surface area (Å²) in [5, 5.41) is 5.10. The fourth-order valence-electron chi connectivity index (χ4n) is 1.50. The zero-order chi connectivity index (χ0) is 13.1. The summed E-state index contributed by atoms with van der Waals surface area (Å²) in [5.74, 6) is 1.14. The zero-order valence-corrected chi connectivity index (χ0v) is 11.4. The molecule has 1 unspecified atom stereocenters. The quantitative estimate of drug-likeness (QED) is 0.938. The molecule has 6 heteroatoms. The van der Waals surface area contributed by atoms with Gasteiger partial charge in [0, 0.05) is 28.9 Å². The molecule has 0 aliphatic carbocycles. The van der Waals surface area contributed by atoms with Crippen molar-refractivity contribution in [1.82, 2.24) is 10.1 Å². The van der Waals surface area contributed by atoms with Crippen LogP contribution in [0.1, 0.15) is 30.1 Å². The monoisotopic (exact) mass is 285 g/mol. The first-order valence-electron chi connectivity index (χ1n) is 5.57. The molecule has 4 nitrogen and oxygen atoms in total. The molecule has 0 saturated carbocycles. The summed E-state index contributed by atoms with van der Waals surface area (Å²) in [5.41, 5.74) is 6.34. The summed E-state index contributed by atoms with van der Waals surface area (Å²) < 4.78 is 5.14. The van der Waals surface area contributed by atoms with E-state index in [4.69, 9.17) is 33.5 Å². The van der Waals surface area contributed by atoms with Crippen LogP contribution in [0.3, 0.4) is 0 Å². The standard InChI is InChI=1S/C12H13Cl2N3O/c1-7(6-15)12-16-11(17-18-12)5-8-9(13)3-2-4-10(8)14/h2-4,7H,5-6,15H2,1H3. The van der Waals surface area contributed by atoms with Crippen LogP contribution in [0.4, 0.5) is 0 Å². The van der Waals surface area contributed by atoms with Gasteiger partial charge in [-0.25, -0.2) is 0 Å². The van der Waals surface area contributed by atoms with E-state index in [9.17, 15) is 0 Å². The second-order valence-corrected chi connectivity index (χ2v) is 4.88. The number of hydrogen-bond donors (Lipinski definition) is 1. The first-order chi connectivity index (χ1) is 8.61. The Labute approximate surface area is 115 Å². The van der Waals surface area contributed by atoms with Gasteiger partial charge in [-0.2, -0.15) is 4.98 Å². The van der Waals surface area contributed by atoms with Crippen molar-refractivity contribution in [2.24, 2.45) is 5.73 Å². The van der Waals surface area contributed by atoms with Crippen molar-refractivity contribution < 1.29 is 4.52 Å². The van der Waals surface area contributed by atoms with Crippen molar-refractivity contribution in [3.05, 3.63) is 45.5 Å². The van der Waals surface area contributed by atoms with Gasteiger partial charge in [-0.3, -0.25) is 0 Å². The molecule has 18 heavy (non-hydrogen) atoms. The molecule has 0 aliphatic heterocycles. The first-order valence-corrected chi connectivity index (χ1v) is 6.33. The van der Waals surface area contributed by atoms with Gasteiger partial charge in [0.15, 0.2) is 5.82 Å². The van der Waals surface area contributed by atoms with Gasteiger partial charge in [-0.1, -0.05) is 41.3 Å². The van der Waals surface area contributed by atoms with Gasteiger partial charge in [0.05, 0.1) is 0 Å². The van der Waals surface area contributed by atoms with Gasteiger partial charge in [-0.15, -0.1) is 0 Å². The maximum absolute atomic E-state index is 6.09. The fourth-order valence-corrected chi connectivity index (χ4v) is 2.03. The van der Waals surface area contributed by atoms with Crippen LogP contribution in [-0.2, 0) is 6.42 Å². The number of rotatable bonds is 4. The zero-order valence-electron chi connectivity index (χ0n) is 9.86. The van der Waals surface area contributed by atoms with Crippen LogP contribution in [0, 0.1) is 0 Å². The number of benzene rings is 1. The largest absolute Gasteiger partial charge is 0.339 e. The van der Waals surface area contributed by atoms with Crippen LogP contribution in [0.2, 0.25) is 10.0 Å². The Morgan fingerprint density at radius 1 is 1.33 bits per heavy atom. The van der Waals surface area contributed by atoms with Crippen LogP contribution >= 0.6 is 23.2 Å². The summed E-state index contributed by atoms with van der Waals surface area (Å²) in [6, 6.07) is 5.37. The van der Waals surface area contributed by atoms with Crippen molar-refractivity contribution in [2.45, 2.75) is 19.3 Å². The molecule has 0 aliphatic rings. The van der Waals surface area contributed by atoms with E-state index in [2.05, 4.69) is 10.1 Å². The highest BCUT2D eigenvalue weighted by Crippen LogP contribution is 2.26. The van der Waals surface area contributed by atoms with E-state index in [1.165, 1.54) is 0 Å². The summed E-state index contributed by atoms with van der Waals surface area (Å²) in [6.07, 6.45) is 0.444. The Morgan fingerprint density at radius 2 is 2.00 bits per heavy atom. The Kier molecular flexibility index (Phi) is 4.22. The number of halogens is 2. The highest BCUT2D eigenvalue weighted by Gasteiger charge is 2.15. The summed E-state index contributed by atoms with van der Waals surface area (Å²) >= 11 is 12.2. The summed E-state index contributed by atoms with van der Waals surface area (Å²) in [4.78, 5) is 4.28. The second-order valence-electron chi connectivity index (χ2n) is 4.06. The highest BCUT2D eigenvalue weighted by atomic mass is 35.5. The van der Waals surface area contributed by atoms with E-state index >= 15 is 0 Å². The van der Waals surface area contributed by atoms with E-state index in [0.29, 0.717) is 34.7 Å². The Morgan fingerprint density at radius 3 is 2.61 bits per heavy atom. The third-order valence-corrected chi connectivity index (χ3v) is 3.36. The molecule has 0 radical (unpaired) electrons. The Balaban J connectivity index is 2.21. The number of nitrogens with two attached hydrogens (primary N) is 1. The number of hydrogen-bond acceptors (Lipinski definition) is 4. The molecule has 1 atom stereocenters. The van der Waals surface area contributed by atoms with E-state index in [1.54, 1.807) is 18.2 Å². The Bertz CT molecular complexity index is 522. The molecule has 1 heterocycles. The van der Waals surface area contributed by atoms with Crippen LogP contribution in [0.25, 0.3) is 0 Å². The normalized spacial score (nSPS) is 12.7. The van der Waals surface area contributed by atoms with Crippen LogP contribution < -0.4 is 5.73 Å². The molecule has 1 aromatic carbocycles. The Hall–Kier alpha value is -1.10. The van der Waals surface area contributed by atoms with Gasteiger partial charge < -0.3 is 10.3 Å². The lowest BCUT2D eigenvalue weighted by molar-refractivity contribution is 0.357. The molecule has 2 N–H and O–H groups in total. The van der Waals surface area contributed by atoms with E-state index < -0.39 is 0 Å². The van der Waals surface area contributed by atoms with Crippen molar-refractivity contribution in [1.29, 1.82) is 0 Å². The number of aromatic nitrogens is 2. The lowest BCUT2D eigenvalue weighted by Crippen LogP contribution is -2.09. The van der Waals surface area contributed by atoms with Gasteiger partial charge in [0.25, 0.3) is 0 Å². The van der Waals surface area contributed by atoms with Crippen LogP contribution in [0.5, 0.6) is 0 Å². The predicted octanol–water partition coefficient (Wildman–Crippen LogP) is 3.03. The fraction of sp³-hybridized carbons (Fsp3) is 0.333. The molecule has 0 bridgehead atoms. The van der Waals surface area contributed by atoms with E-state index in [-0.39, 0.29) is 5.92 Å².